The summed E-state index contributed by atoms with van der Waals surface area (Å²) < 4.78 is 39.6. The van der Waals surface area contributed by atoms with Crippen molar-refractivity contribution in [1.82, 2.24) is 19.5 Å². The van der Waals surface area contributed by atoms with E-state index < -0.39 is 29.7 Å². The van der Waals surface area contributed by atoms with Gasteiger partial charge in [-0.15, -0.1) is 0 Å². The summed E-state index contributed by atoms with van der Waals surface area (Å²) in [5.41, 5.74) is -0.602. The van der Waals surface area contributed by atoms with Gasteiger partial charge in [0.25, 0.3) is 0 Å². The number of nitrogens with one attached hydrogen (secondary N) is 1. The summed E-state index contributed by atoms with van der Waals surface area (Å²) in [6.07, 6.45) is 0. The number of methoxy groups -OCH3 is 1. The quantitative estimate of drug-likeness (QED) is 0.394. The molecule has 2 N–H and O–H groups in total. The Hall–Kier alpha value is -3.99. The largest absolute Gasteiger partial charge is 0.504 e. The second-order valence-electron chi connectivity index (χ2n) is 7.24. The normalized spacial score (nSPS) is 11.1. The molecule has 176 valence electrons. The van der Waals surface area contributed by atoms with E-state index in [4.69, 9.17) is 21.1 Å². The lowest BCUT2D eigenvalue weighted by atomic mass is 10.2. The molecule has 0 spiro atoms. The number of hydrogen-bond acceptors (Lipinski definition) is 7. The number of imidazole rings is 1. The fourth-order valence-corrected chi connectivity index (χ4v) is 3.68. The zero-order valence-electron chi connectivity index (χ0n) is 18.1. The first-order valence-electron chi connectivity index (χ1n) is 9.79. The number of ether oxygens (including phenoxy) is 2. The fraction of sp³-hybridized carbons (Fsp3) is 0.182. The smallest absolute Gasteiger partial charge is 0.332 e. The van der Waals surface area contributed by atoms with E-state index in [-0.39, 0.29) is 56.2 Å². The number of Topliss-reactive ketones (excluding diaryl/α,β-unsaturated/α-hetero) is 1. The first-order chi connectivity index (χ1) is 16.1. The summed E-state index contributed by atoms with van der Waals surface area (Å²) >= 11 is 6.29. The Bertz CT molecular complexity index is 1520. The van der Waals surface area contributed by atoms with Crippen LogP contribution in [0.15, 0.2) is 29.1 Å². The number of rotatable bonds is 6. The van der Waals surface area contributed by atoms with Crippen LogP contribution < -0.4 is 15.2 Å². The van der Waals surface area contributed by atoms with Crippen LogP contribution in [0.5, 0.6) is 17.2 Å². The number of fused-ring (bicyclic) bond motifs is 1. The van der Waals surface area contributed by atoms with E-state index in [0.717, 1.165) is 16.7 Å². The molecule has 0 aliphatic rings. The highest BCUT2D eigenvalue weighted by atomic mass is 35.5. The third kappa shape index (κ3) is 3.94. The van der Waals surface area contributed by atoms with Crippen molar-refractivity contribution in [3.63, 3.8) is 0 Å². The average molecular weight is 491 g/mol. The topological polar surface area (TPSA) is 119 Å². The van der Waals surface area contributed by atoms with E-state index in [1.54, 1.807) is 6.92 Å². The van der Waals surface area contributed by atoms with Gasteiger partial charge in [-0.2, -0.15) is 0 Å². The molecule has 12 heteroatoms. The number of aromatic hydroxyl groups is 1. The number of hydrogen-bond donors (Lipinski definition) is 2. The predicted molar refractivity (Wildman–Crippen MR) is 118 cm³/mol. The molecular weight excluding hydrogens is 474 g/mol. The lowest BCUT2D eigenvalue weighted by molar-refractivity contribution is 0.101. The SMILES string of the molecule is COc1ccc(F)c(F)c1COc1cc(-n2c(=O)[nH]c3c(C(C)=O)nc(C)nc32)c(Cl)cc1O. The van der Waals surface area contributed by atoms with Crippen molar-refractivity contribution in [2.24, 2.45) is 0 Å². The highest BCUT2D eigenvalue weighted by Gasteiger charge is 2.22. The van der Waals surface area contributed by atoms with E-state index in [2.05, 4.69) is 15.0 Å². The summed E-state index contributed by atoms with van der Waals surface area (Å²) in [5.74, 6) is -2.94. The summed E-state index contributed by atoms with van der Waals surface area (Å²) in [5, 5.41) is 10.3. The lowest BCUT2D eigenvalue weighted by Gasteiger charge is -2.14. The lowest BCUT2D eigenvalue weighted by Crippen LogP contribution is -2.15. The number of H-pyrrole nitrogens is 1. The number of ketones is 1. The Kier molecular flexibility index (Phi) is 5.96. The van der Waals surface area contributed by atoms with E-state index in [0.29, 0.717) is 0 Å². The van der Waals surface area contributed by atoms with Crippen LogP contribution in [0.1, 0.15) is 28.8 Å². The first-order valence-corrected chi connectivity index (χ1v) is 10.2. The maximum absolute atomic E-state index is 14.3. The minimum Gasteiger partial charge on any atom is -0.504 e. The molecule has 0 bridgehead atoms. The third-order valence-electron chi connectivity index (χ3n) is 5.00. The number of carbonyl (C=O) groups excluding carboxylic acids is 1. The molecule has 0 atom stereocenters. The molecule has 0 radical (unpaired) electrons. The first kappa shape index (κ1) is 23.2. The van der Waals surface area contributed by atoms with Gasteiger partial charge >= 0.3 is 5.69 Å². The van der Waals surface area contributed by atoms with Crippen LogP contribution in [-0.4, -0.2) is 37.5 Å². The third-order valence-corrected chi connectivity index (χ3v) is 5.30. The van der Waals surface area contributed by atoms with E-state index >= 15 is 0 Å². The van der Waals surface area contributed by atoms with Crippen LogP contribution >= 0.6 is 11.6 Å². The zero-order valence-corrected chi connectivity index (χ0v) is 18.8. The predicted octanol–water partition coefficient (Wildman–Crippen LogP) is 3.84. The number of phenols is 1. The van der Waals surface area contributed by atoms with Gasteiger partial charge in [0.2, 0.25) is 0 Å². The van der Waals surface area contributed by atoms with Crippen molar-refractivity contribution in [2.45, 2.75) is 20.5 Å². The maximum atomic E-state index is 14.3. The summed E-state index contributed by atoms with van der Waals surface area (Å²) in [7, 11) is 1.29. The van der Waals surface area contributed by atoms with E-state index in [1.807, 2.05) is 0 Å². The monoisotopic (exact) mass is 490 g/mol. The van der Waals surface area contributed by atoms with Crippen molar-refractivity contribution in [3.05, 3.63) is 68.5 Å². The molecule has 0 saturated heterocycles. The van der Waals surface area contributed by atoms with Crippen LogP contribution in [0.3, 0.4) is 0 Å². The molecule has 0 unspecified atom stereocenters. The molecule has 2 heterocycles. The Morgan fingerprint density at radius 3 is 2.65 bits per heavy atom. The van der Waals surface area contributed by atoms with E-state index in [1.165, 1.54) is 26.2 Å². The van der Waals surface area contributed by atoms with Gasteiger partial charge in [0.05, 0.1) is 23.4 Å². The van der Waals surface area contributed by atoms with Crippen molar-refractivity contribution < 1.29 is 28.2 Å². The number of halogens is 3. The number of aromatic amines is 1. The Balaban J connectivity index is 1.82. The number of nitrogens with zero attached hydrogens (tertiary/aromatic N) is 3. The summed E-state index contributed by atoms with van der Waals surface area (Å²) in [6.45, 7) is 2.36. The number of aryl methyl sites for hydroxylation is 1. The number of carbonyl (C=O) groups is 1. The van der Waals surface area contributed by atoms with Crippen molar-refractivity contribution in [1.29, 1.82) is 0 Å². The number of benzene rings is 2. The molecule has 0 amide bonds. The second-order valence-corrected chi connectivity index (χ2v) is 7.65. The molecule has 0 fully saturated rings. The van der Waals surface area contributed by atoms with Gasteiger partial charge in [-0.1, -0.05) is 11.6 Å². The molecule has 4 rings (SSSR count). The second kappa shape index (κ2) is 8.75. The maximum Gasteiger partial charge on any atom is 0.332 e. The Labute approximate surface area is 195 Å². The molecular formula is C22H17ClF2N4O5. The number of phenolic OH excluding ortho intramolecular Hbond substituents is 1. The van der Waals surface area contributed by atoms with Gasteiger partial charge < -0.3 is 19.6 Å². The van der Waals surface area contributed by atoms with Gasteiger partial charge in [0.15, 0.2) is 34.6 Å². The average Bonchev–Trinajstić information content (AvgIpc) is 3.10. The molecule has 4 aromatic rings. The summed E-state index contributed by atoms with van der Waals surface area (Å²) in [4.78, 5) is 35.6. The van der Waals surface area contributed by atoms with Gasteiger partial charge in [0, 0.05) is 19.1 Å². The van der Waals surface area contributed by atoms with Crippen LogP contribution in [-0.2, 0) is 6.61 Å². The Morgan fingerprint density at radius 1 is 1.24 bits per heavy atom. The molecule has 0 aliphatic heterocycles. The van der Waals surface area contributed by atoms with Gasteiger partial charge in [-0.05, 0) is 19.1 Å². The molecule has 2 aromatic carbocycles. The standard InChI is InChI=1S/C22H17ClF2N4O5/c1-9(30)19-20-21(27-10(2)26-19)29(22(32)28-20)14-7-17(15(31)6-12(14)23)34-8-11-16(33-3)5-4-13(24)18(11)25/h4-7,31H,8H2,1-3H3,(H,28,32). The molecule has 0 aliphatic carbocycles. The number of aromatic nitrogens is 4. The fourth-order valence-electron chi connectivity index (χ4n) is 3.44. The van der Waals surface area contributed by atoms with Gasteiger partial charge in [0.1, 0.15) is 29.4 Å². The van der Waals surface area contributed by atoms with Crippen molar-refractivity contribution >= 4 is 28.5 Å². The highest BCUT2D eigenvalue weighted by Crippen LogP contribution is 2.36. The summed E-state index contributed by atoms with van der Waals surface area (Å²) in [6, 6.07) is 4.51. The van der Waals surface area contributed by atoms with Crippen LogP contribution in [0.4, 0.5) is 8.78 Å². The van der Waals surface area contributed by atoms with Gasteiger partial charge in [-0.25, -0.2) is 28.1 Å². The molecule has 0 saturated carbocycles. The van der Waals surface area contributed by atoms with Crippen LogP contribution in [0.2, 0.25) is 5.02 Å². The molecule has 2 aromatic heterocycles. The van der Waals surface area contributed by atoms with E-state index in [9.17, 15) is 23.5 Å². The minimum absolute atomic E-state index is 0.0263. The highest BCUT2D eigenvalue weighted by molar-refractivity contribution is 6.32. The van der Waals surface area contributed by atoms with Crippen molar-refractivity contribution in [2.75, 3.05) is 7.11 Å². The zero-order chi connectivity index (χ0) is 24.7. The van der Waals surface area contributed by atoms with Crippen molar-refractivity contribution in [3.8, 4) is 22.9 Å². The Morgan fingerprint density at radius 2 is 1.97 bits per heavy atom. The molecule has 9 nitrogen and oxygen atoms in total. The van der Waals surface area contributed by atoms with Crippen LogP contribution in [0, 0.1) is 18.6 Å². The minimum atomic E-state index is -1.16. The van der Waals surface area contributed by atoms with Gasteiger partial charge in [-0.3, -0.25) is 4.79 Å². The van der Waals surface area contributed by atoms with Crippen LogP contribution in [0.25, 0.3) is 16.9 Å². The molecule has 34 heavy (non-hydrogen) atoms.